The van der Waals surface area contributed by atoms with Gasteiger partial charge in [0.1, 0.15) is 5.56 Å². The summed E-state index contributed by atoms with van der Waals surface area (Å²) in [7, 11) is 0. The quantitative estimate of drug-likeness (QED) is 0.800. The number of pyridine rings is 1. The molecule has 3 N–H and O–H groups in total. The van der Waals surface area contributed by atoms with Gasteiger partial charge in [-0.15, -0.1) is 0 Å². The fourth-order valence-corrected chi connectivity index (χ4v) is 1.89. The molecule has 0 spiro atoms. The fraction of sp³-hybridized carbons (Fsp3) is 0.375. The molecule has 0 aliphatic heterocycles. The van der Waals surface area contributed by atoms with Gasteiger partial charge in [-0.3, -0.25) is 9.59 Å². The average Bonchev–Trinajstić information content (AvgIpc) is 2.45. The van der Waals surface area contributed by atoms with Crippen molar-refractivity contribution in [3.05, 3.63) is 46.2 Å². The van der Waals surface area contributed by atoms with E-state index in [2.05, 4.69) is 10.3 Å². The van der Waals surface area contributed by atoms with Crippen molar-refractivity contribution in [2.45, 2.75) is 26.4 Å². The predicted molar refractivity (Wildman–Crippen MR) is 82.4 cm³/mol. The number of para-hydroxylation sites is 1. The Labute approximate surface area is 123 Å². The smallest absolute Gasteiger partial charge is 0.256 e. The van der Waals surface area contributed by atoms with E-state index in [1.54, 1.807) is 25.1 Å². The summed E-state index contributed by atoms with van der Waals surface area (Å²) in [5, 5.41) is 13.2. The van der Waals surface area contributed by atoms with E-state index >= 15 is 0 Å². The molecular weight excluding hydrogens is 268 g/mol. The zero-order chi connectivity index (χ0) is 15.6. The molecular formula is C16H20N2O3. The number of H-pyrrole nitrogens is 1. The lowest BCUT2D eigenvalue weighted by Crippen LogP contribution is -2.45. The number of aromatic nitrogens is 1. The molecule has 0 aliphatic carbocycles. The highest BCUT2D eigenvalue weighted by Crippen LogP contribution is 2.14. The molecule has 1 amide bonds. The summed E-state index contributed by atoms with van der Waals surface area (Å²) < 4.78 is 0. The number of nitrogens with one attached hydrogen (secondary N) is 2. The number of aromatic amines is 1. The number of hydrogen-bond donors (Lipinski definition) is 3. The first-order chi connectivity index (χ1) is 9.83. The molecule has 1 unspecified atom stereocenters. The van der Waals surface area contributed by atoms with Crippen LogP contribution in [0, 0.1) is 5.92 Å². The van der Waals surface area contributed by atoms with Crippen molar-refractivity contribution in [2.75, 3.05) is 6.54 Å². The molecule has 0 saturated heterocycles. The zero-order valence-electron chi connectivity index (χ0n) is 12.4. The molecule has 1 heterocycles. The van der Waals surface area contributed by atoms with Crippen molar-refractivity contribution in [1.82, 2.24) is 10.3 Å². The highest BCUT2D eigenvalue weighted by molar-refractivity contribution is 5.97. The maximum atomic E-state index is 12.3. The maximum absolute atomic E-state index is 12.3. The molecule has 1 aromatic carbocycles. The van der Waals surface area contributed by atoms with Crippen LogP contribution in [0.3, 0.4) is 0 Å². The summed E-state index contributed by atoms with van der Waals surface area (Å²) >= 11 is 0. The SMILES string of the molecule is CC(C)C(C)(O)CNC(=O)c1c[nH]c2ccccc2c1=O. The molecule has 0 bridgehead atoms. The fourth-order valence-electron chi connectivity index (χ4n) is 1.89. The second kappa shape index (κ2) is 5.69. The van der Waals surface area contributed by atoms with E-state index in [9.17, 15) is 14.7 Å². The lowest BCUT2D eigenvalue weighted by Gasteiger charge is -2.27. The largest absolute Gasteiger partial charge is 0.388 e. The van der Waals surface area contributed by atoms with Gasteiger partial charge >= 0.3 is 0 Å². The van der Waals surface area contributed by atoms with Gasteiger partial charge in [0.2, 0.25) is 5.43 Å². The van der Waals surface area contributed by atoms with E-state index < -0.39 is 11.5 Å². The van der Waals surface area contributed by atoms with Crippen molar-refractivity contribution in [1.29, 1.82) is 0 Å². The van der Waals surface area contributed by atoms with Crippen LogP contribution in [-0.4, -0.2) is 28.1 Å². The molecule has 0 radical (unpaired) electrons. The highest BCUT2D eigenvalue weighted by atomic mass is 16.3. The lowest BCUT2D eigenvalue weighted by atomic mass is 9.92. The molecule has 0 saturated carbocycles. The minimum Gasteiger partial charge on any atom is -0.388 e. The Morgan fingerprint density at radius 2 is 2.05 bits per heavy atom. The third-order valence-electron chi connectivity index (χ3n) is 3.88. The van der Waals surface area contributed by atoms with Gasteiger partial charge in [0.15, 0.2) is 0 Å². The number of rotatable bonds is 4. The van der Waals surface area contributed by atoms with E-state index in [0.717, 1.165) is 0 Å². The summed E-state index contributed by atoms with van der Waals surface area (Å²) in [6, 6.07) is 7.03. The molecule has 2 rings (SSSR count). The number of hydrogen-bond acceptors (Lipinski definition) is 3. The van der Waals surface area contributed by atoms with Crippen LogP contribution in [0.2, 0.25) is 0 Å². The Hall–Kier alpha value is -2.14. The van der Waals surface area contributed by atoms with E-state index in [1.165, 1.54) is 6.20 Å². The van der Waals surface area contributed by atoms with Crippen molar-refractivity contribution in [2.24, 2.45) is 5.92 Å². The van der Waals surface area contributed by atoms with Crippen molar-refractivity contribution < 1.29 is 9.90 Å². The number of fused-ring (bicyclic) bond motifs is 1. The Balaban J connectivity index is 2.25. The third-order valence-corrected chi connectivity index (χ3v) is 3.88. The van der Waals surface area contributed by atoms with Crippen LogP contribution in [0.4, 0.5) is 0 Å². The summed E-state index contributed by atoms with van der Waals surface area (Å²) in [4.78, 5) is 27.4. The van der Waals surface area contributed by atoms with Crippen molar-refractivity contribution >= 4 is 16.8 Å². The Morgan fingerprint density at radius 1 is 1.38 bits per heavy atom. The van der Waals surface area contributed by atoms with Gasteiger partial charge in [0, 0.05) is 23.6 Å². The van der Waals surface area contributed by atoms with Crippen LogP contribution < -0.4 is 10.7 Å². The first-order valence-corrected chi connectivity index (χ1v) is 6.94. The number of aliphatic hydroxyl groups is 1. The van der Waals surface area contributed by atoms with Crippen LogP contribution >= 0.6 is 0 Å². The number of carbonyl (C=O) groups is 1. The lowest BCUT2D eigenvalue weighted by molar-refractivity contribution is 0.0142. The van der Waals surface area contributed by atoms with E-state index in [4.69, 9.17) is 0 Å². The van der Waals surface area contributed by atoms with Gasteiger partial charge in [-0.05, 0) is 25.0 Å². The van der Waals surface area contributed by atoms with Crippen LogP contribution in [0.1, 0.15) is 31.1 Å². The van der Waals surface area contributed by atoms with Crippen LogP contribution in [0.15, 0.2) is 35.3 Å². The molecule has 0 aliphatic rings. The minimum atomic E-state index is -1.01. The molecule has 5 nitrogen and oxygen atoms in total. The van der Waals surface area contributed by atoms with Crippen LogP contribution in [0.25, 0.3) is 10.9 Å². The standard InChI is InChI=1S/C16H20N2O3/c1-10(2)16(3,21)9-18-15(20)12-8-17-13-7-5-4-6-11(13)14(12)19/h4-8,10,21H,9H2,1-3H3,(H,17,19)(H,18,20). The summed E-state index contributed by atoms with van der Waals surface area (Å²) in [5.41, 5.74) is -0.591. The van der Waals surface area contributed by atoms with Gasteiger partial charge in [-0.25, -0.2) is 0 Å². The Bertz CT molecular complexity index is 717. The van der Waals surface area contributed by atoms with E-state index in [1.807, 2.05) is 19.9 Å². The normalized spacial score (nSPS) is 14.1. The second-order valence-corrected chi connectivity index (χ2v) is 5.77. The highest BCUT2D eigenvalue weighted by Gasteiger charge is 2.26. The molecule has 1 atom stereocenters. The van der Waals surface area contributed by atoms with Gasteiger partial charge in [-0.1, -0.05) is 26.0 Å². The summed E-state index contributed by atoms with van der Waals surface area (Å²) in [6.45, 7) is 5.49. The molecule has 5 heteroatoms. The Morgan fingerprint density at radius 3 is 2.71 bits per heavy atom. The number of amides is 1. The molecule has 0 fully saturated rings. The average molecular weight is 288 g/mol. The second-order valence-electron chi connectivity index (χ2n) is 5.77. The molecule has 112 valence electrons. The molecule has 2 aromatic rings. The number of carbonyl (C=O) groups excluding carboxylic acids is 1. The van der Waals surface area contributed by atoms with E-state index in [0.29, 0.717) is 10.9 Å². The van der Waals surface area contributed by atoms with Crippen LogP contribution in [-0.2, 0) is 0 Å². The van der Waals surface area contributed by atoms with Gasteiger partial charge in [0.25, 0.3) is 5.91 Å². The predicted octanol–water partition coefficient (Wildman–Crippen LogP) is 1.66. The van der Waals surface area contributed by atoms with Gasteiger partial charge < -0.3 is 15.4 Å². The third kappa shape index (κ3) is 3.13. The summed E-state index contributed by atoms with van der Waals surface area (Å²) in [6.07, 6.45) is 1.41. The maximum Gasteiger partial charge on any atom is 0.256 e. The monoisotopic (exact) mass is 288 g/mol. The topological polar surface area (TPSA) is 82.2 Å². The van der Waals surface area contributed by atoms with Gasteiger partial charge in [0.05, 0.1) is 5.60 Å². The number of benzene rings is 1. The van der Waals surface area contributed by atoms with Crippen molar-refractivity contribution in [3.8, 4) is 0 Å². The van der Waals surface area contributed by atoms with E-state index in [-0.39, 0.29) is 23.5 Å². The van der Waals surface area contributed by atoms with Gasteiger partial charge in [-0.2, -0.15) is 0 Å². The minimum absolute atomic E-state index is 0.00677. The summed E-state index contributed by atoms with van der Waals surface area (Å²) in [5.74, 6) is -0.490. The first kappa shape index (κ1) is 15.3. The Kier molecular flexibility index (Phi) is 4.14. The molecule has 21 heavy (non-hydrogen) atoms. The van der Waals surface area contributed by atoms with Crippen molar-refractivity contribution in [3.63, 3.8) is 0 Å². The van der Waals surface area contributed by atoms with Crippen LogP contribution in [0.5, 0.6) is 0 Å². The first-order valence-electron chi connectivity index (χ1n) is 6.94. The zero-order valence-corrected chi connectivity index (χ0v) is 12.4. The molecule has 1 aromatic heterocycles.